The fourth-order valence-electron chi connectivity index (χ4n) is 5.96. The molecular weight excluding hydrogens is 515 g/mol. The summed E-state index contributed by atoms with van der Waals surface area (Å²) < 4.78 is 13.5. The van der Waals surface area contributed by atoms with E-state index in [1.807, 2.05) is 30.3 Å². The molecular formula is C33H29FN6O. The van der Waals surface area contributed by atoms with Crippen LogP contribution in [0.5, 0.6) is 0 Å². The minimum Gasteiger partial charge on any atom is -0.353 e. The van der Waals surface area contributed by atoms with Gasteiger partial charge in [-0.25, -0.2) is 4.39 Å². The van der Waals surface area contributed by atoms with Gasteiger partial charge in [0.1, 0.15) is 11.5 Å². The average Bonchev–Trinajstić information content (AvgIpc) is 3.62. The van der Waals surface area contributed by atoms with Crippen LogP contribution in [0, 0.1) is 11.7 Å². The second-order valence-corrected chi connectivity index (χ2v) is 10.9. The van der Waals surface area contributed by atoms with Crippen molar-refractivity contribution in [2.24, 2.45) is 5.92 Å². The van der Waals surface area contributed by atoms with Crippen molar-refractivity contribution >= 4 is 33.4 Å². The molecule has 0 bridgehead atoms. The van der Waals surface area contributed by atoms with Gasteiger partial charge in [-0.3, -0.25) is 19.9 Å². The predicted molar refractivity (Wildman–Crippen MR) is 160 cm³/mol. The van der Waals surface area contributed by atoms with Gasteiger partial charge in [0.2, 0.25) is 5.91 Å². The number of carbonyl (C=O) groups is 1. The molecule has 4 aromatic heterocycles. The summed E-state index contributed by atoms with van der Waals surface area (Å²) >= 11 is 0. The summed E-state index contributed by atoms with van der Waals surface area (Å²) in [4.78, 5) is 25.2. The highest BCUT2D eigenvalue weighted by atomic mass is 19.1. The zero-order chi connectivity index (χ0) is 27.8. The van der Waals surface area contributed by atoms with Crippen LogP contribution in [0.4, 0.5) is 10.1 Å². The first kappa shape index (κ1) is 25.1. The molecule has 4 heterocycles. The molecule has 7 nitrogen and oxygen atoms in total. The summed E-state index contributed by atoms with van der Waals surface area (Å²) in [7, 11) is 0. The summed E-state index contributed by atoms with van der Waals surface area (Å²) in [5.41, 5.74) is 7.58. The van der Waals surface area contributed by atoms with E-state index in [2.05, 4.69) is 36.5 Å². The molecule has 6 aromatic rings. The van der Waals surface area contributed by atoms with Crippen LogP contribution in [-0.4, -0.2) is 31.1 Å². The zero-order valence-electron chi connectivity index (χ0n) is 22.5. The van der Waals surface area contributed by atoms with Gasteiger partial charge in [0.25, 0.3) is 0 Å². The lowest BCUT2D eigenvalue weighted by atomic mass is 9.87. The first-order chi connectivity index (χ1) is 20.1. The number of nitrogens with zero attached hydrogens (tertiary/aromatic N) is 3. The van der Waals surface area contributed by atoms with Crippen molar-refractivity contribution in [2.45, 2.75) is 38.5 Å². The van der Waals surface area contributed by atoms with E-state index in [-0.39, 0.29) is 11.7 Å². The number of nitrogens with one attached hydrogen (secondary N) is 3. The van der Waals surface area contributed by atoms with Crippen LogP contribution in [0.15, 0.2) is 79.3 Å². The number of hydrogen-bond acceptors (Lipinski definition) is 4. The molecule has 1 saturated carbocycles. The minimum atomic E-state index is -0.259. The van der Waals surface area contributed by atoms with E-state index in [1.54, 1.807) is 30.7 Å². The number of amides is 1. The number of carbonyl (C=O) groups excluding carboxylic acids is 1. The van der Waals surface area contributed by atoms with Crippen LogP contribution in [-0.2, 0) is 4.79 Å². The molecule has 41 heavy (non-hydrogen) atoms. The molecule has 2 aromatic carbocycles. The fraction of sp³-hybridized carbons (Fsp3) is 0.212. The Morgan fingerprint density at radius 3 is 2.61 bits per heavy atom. The van der Waals surface area contributed by atoms with Crippen molar-refractivity contribution in [3.05, 3.63) is 85.1 Å². The van der Waals surface area contributed by atoms with E-state index in [9.17, 15) is 9.18 Å². The van der Waals surface area contributed by atoms with Crippen LogP contribution in [0.3, 0.4) is 0 Å². The summed E-state index contributed by atoms with van der Waals surface area (Å²) in [5, 5.41) is 12.7. The number of H-pyrrole nitrogens is 2. The van der Waals surface area contributed by atoms with Crippen molar-refractivity contribution in [3.8, 4) is 33.8 Å². The van der Waals surface area contributed by atoms with Gasteiger partial charge in [0, 0.05) is 34.5 Å². The van der Waals surface area contributed by atoms with Crippen molar-refractivity contribution in [1.82, 2.24) is 25.1 Å². The molecule has 0 unspecified atom stereocenters. The molecule has 8 heteroatoms. The van der Waals surface area contributed by atoms with Gasteiger partial charge in [-0.1, -0.05) is 43.5 Å². The number of fused-ring (bicyclic) bond motifs is 2. The fourth-order valence-corrected chi connectivity index (χ4v) is 5.96. The van der Waals surface area contributed by atoms with Gasteiger partial charge in [-0.15, -0.1) is 0 Å². The molecule has 3 N–H and O–H groups in total. The second-order valence-electron chi connectivity index (χ2n) is 10.9. The van der Waals surface area contributed by atoms with Crippen LogP contribution in [0.1, 0.15) is 38.5 Å². The van der Waals surface area contributed by atoms with Gasteiger partial charge < -0.3 is 10.3 Å². The van der Waals surface area contributed by atoms with Gasteiger partial charge in [-0.05, 0) is 66.3 Å². The number of aromatic amines is 2. The Kier molecular flexibility index (Phi) is 6.51. The monoisotopic (exact) mass is 544 g/mol. The molecule has 7 rings (SSSR count). The summed E-state index contributed by atoms with van der Waals surface area (Å²) in [5.74, 6) is 0.251. The Labute approximate surface area is 236 Å². The van der Waals surface area contributed by atoms with Gasteiger partial charge in [0.15, 0.2) is 0 Å². The molecule has 0 radical (unpaired) electrons. The van der Waals surface area contributed by atoms with Crippen molar-refractivity contribution in [2.75, 3.05) is 5.32 Å². The number of pyridine rings is 2. The number of rotatable bonds is 6. The molecule has 0 spiro atoms. The van der Waals surface area contributed by atoms with Crippen LogP contribution < -0.4 is 5.32 Å². The Bertz CT molecular complexity index is 1870. The second kappa shape index (κ2) is 10.6. The Balaban J connectivity index is 1.19. The Morgan fingerprint density at radius 2 is 1.76 bits per heavy atom. The molecule has 1 aliphatic rings. The van der Waals surface area contributed by atoms with E-state index in [0.717, 1.165) is 68.4 Å². The van der Waals surface area contributed by atoms with Crippen molar-refractivity contribution < 1.29 is 9.18 Å². The highest BCUT2D eigenvalue weighted by Gasteiger charge is 2.18. The zero-order valence-corrected chi connectivity index (χ0v) is 22.5. The number of benzene rings is 2. The Hall–Kier alpha value is -4.85. The van der Waals surface area contributed by atoms with Gasteiger partial charge in [0.05, 0.1) is 35.0 Å². The molecule has 204 valence electrons. The normalized spacial score (nSPS) is 14.1. The summed E-state index contributed by atoms with van der Waals surface area (Å²) in [6, 6.07) is 18.6. The van der Waals surface area contributed by atoms with E-state index in [1.165, 1.54) is 31.4 Å². The van der Waals surface area contributed by atoms with Crippen molar-refractivity contribution in [3.63, 3.8) is 0 Å². The third kappa shape index (κ3) is 5.09. The quantitative estimate of drug-likeness (QED) is 0.199. The lowest BCUT2D eigenvalue weighted by molar-refractivity contribution is -0.117. The maximum Gasteiger partial charge on any atom is 0.224 e. The molecule has 0 aliphatic heterocycles. The summed E-state index contributed by atoms with van der Waals surface area (Å²) in [6.07, 6.45) is 11.7. The highest BCUT2D eigenvalue weighted by molar-refractivity contribution is 6.01. The lowest BCUT2D eigenvalue weighted by Crippen LogP contribution is -2.18. The van der Waals surface area contributed by atoms with Crippen LogP contribution in [0.25, 0.3) is 55.6 Å². The van der Waals surface area contributed by atoms with Gasteiger partial charge >= 0.3 is 0 Å². The number of halogens is 1. The predicted octanol–water partition coefficient (Wildman–Crippen LogP) is 7.88. The number of anilines is 1. The molecule has 1 fully saturated rings. The third-order valence-corrected chi connectivity index (χ3v) is 8.04. The molecule has 1 amide bonds. The molecule has 1 aliphatic carbocycles. The van der Waals surface area contributed by atoms with E-state index in [0.29, 0.717) is 18.0 Å². The largest absolute Gasteiger partial charge is 0.353 e. The van der Waals surface area contributed by atoms with E-state index < -0.39 is 0 Å². The van der Waals surface area contributed by atoms with Crippen LogP contribution >= 0.6 is 0 Å². The highest BCUT2D eigenvalue weighted by Crippen LogP contribution is 2.35. The minimum absolute atomic E-state index is 0.0372. The number of hydrogen-bond donors (Lipinski definition) is 3. The van der Waals surface area contributed by atoms with Crippen LogP contribution in [0.2, 0.25) is 0 Å². The summed E-state index contributed by atoms with van der Waals surface area (Å²) in [6.45, 7) is 0. The first-order valence-corrected chi connectivity index (χ1v) is 14.1. The smallest absolute Gasteiger partial charge is 0.224 e. The SMILES string of the molecule is O=C(CC1CCCCC1)Nc1cncc(-c2cc3c(-c4cc5c(-c6ccc(F)cc6)cccc5[nH]4)n[nH]c3cn2)c1. The molecule has 0 saturated heterocycles. The maximum atomic E-state index is 13.5. The van der Waals surface area contributed by atoms with E-state index >= 15 is 0 Å². The first-order valence-electron chi connectivity index (χ1n) is 14.1. The lowest BCUT2D eigenvalue weighted by Gasteiger charge is -2.20. The Morgan fingerprint density at radius 1 is 0.902 bits per heavy atom. The topological polar surface area (TPSA) is 99.4 Å². The maximum absolute atomic E-state index is 13.5. The van der Waals surface area contributed by atoms with Crippen molar-refractivity contribution in [1.29, 1.82) is 0 Å². The number of aromatic nitrogens is 5. The standard InChI is InChI=1S/C33H29FN6O/c34-23-11-9-21(10-12-23)25-7-4-8-28-26(25)15-30(38-28)33-27-16-29(36-19-31(27)39-40-33)22-14-24(18-35-17-22)37-32(41)13-20-5-2-1-3-6-20/h4,7-12,14-20,38H,1-3,5-6,13H2,(H,37,41)(H,39,40). The third-order valence-electron chi connectivity index (χ3n) is 8.04. The molecule has 0 atom stereocenters. The van der Waals surface area contributed by atoms with E-state index in [4.69, 9.17) is 0 Å². The average molecular weight is 545 g/mol. The van der Waals surface area contributed by atoms with Gasteiger partial charge in [-0.2, -0.15) is 5.10 Å².